The first-order valence-electron chi connectivity index (χ1n) is 6.58. The summed E-state index contributed by atoms with van der Waals surface area (Å²) in [6, 6.07) is 7.73. The van der Waals surface area contributed by atoms with E-state index in [1.807, 2.05) is 17.7 Å². The Labute approximate surface area is 118 Å². The van der Waals surface area contributed by atoms with E-state index in [1.165, 1.54) is 11.1 Å². The van der Waals surface area contributed by atoms with Crippen molar-refractivity contribution in [3.05, 3.63) is 41.1 Å². The van der Waals surface area contributed by atoms with Gasteiger partial charge in [0.05, 0.1) is 5.69 Å². The normalized spacial score (nSPS) is 12.2. The van der Waals surface area contributed by atoms with Gasteiger partial charge in [0, 0.05) is 11.8 Å². The molecule has 0 aliphatic carbocycles. The van der Waals surface area contributed by atoms with Crippen LogP contribution in [-0.4, -0.2) is 21.7 Å². The van der Waals surface area contributed by atoms with Gasteiger partial charge in [0.1, 0.15) is 11.9 Å². The number of nitrogens with two attached hydrogens (primary N) is 1. The number of carbonyl (C=O) groups is 1. The number of aromatic nitrogens is 2. The molecule has 1 atom stereocenters. The van der Waals surface area contributed by atoms with Gasteiger partial charge < -0.3 is 11.1 Å². The third kappa shape index (κ3) is 2.99. The van der Waals surface area contributed by atoms with E-state index in [1.54, 1.807) is 6.92 Å². The molecule has 0 spiro atoms. The maximum atomic E-state index is 11.1. The highest BCUT2D eigenvalue weighted by Crippen LogP contribution is 2.18. The summed E-state index contributed by atoms with van der Waals surface area (Å²) in [5.41, 5.74) is 9.63. The van der Waals surface area contributed by atoms with E-state index >= 15 is 0 Å². The Morgan fingerprint density at radius 1 is 1.20 bits per heavy atom. The number of carbonyl (C=O) groups excluding carboxylic acids is 1. The first-order chi connectivity index (χ1) is 9.36. The Bertz CT molecular complexity index is 625. The fraction of sp³-hybridized carbons (Fsp3) is 0.333. The molecule has 5 heteroatoms. The molecule has 20 heavy (non-hydrogen) atoms. The van der Waals surface area contributed by atoms with Crippen LogP contribution in [0.25, 0.3) is 5.69 Å². The number of hydrogen-bond acceptors (Lipinski definition) is 3. The summed E-state index contributed by atoms with van der Waals surface area (Å²) in [7, 11) is 0. The zero-order valence-corrected chi connectivity index (χ0v) is 12.3. The van der Waals surface area contributed by atoms with E-state index in [-0.39, 0.29) is 0 Å². The molecule has 1 aromatic heterocycles. The third-order valence-corrected chi connectivity index (χ3v) is 3.13. The summed E-state index contributed by atoms with van der Waals surface area (Å²) in [5.74, 6) is 0.247. The van der Waals surface area contributed by atoms with Crippen molar-refractivity contribution in [2.75, 3.05) is 5.32 Å². The second kappa shape index (κ2) is 5.36. The molecule has 0 radical (unpaired) electrons. The first-order valence-corrected chi connectivity index (χ1v) is 6.58. The zero-order chi connectivity index (χ0) is 14.9. The predicted molar refractivity (Wildman–Crippen MR) is 80.1 cm³/mol. The molecule has 1 amide bonds. The van der Waals surface area contributed by atoms with Crippen molar-refractivity contribution in [1.29, 1.82) is 0 Å². The Balaban J connectivity index is 2.34. The average molecular weight is 272 g/mol. The second-order valence-corrected chi connectivity index (χ2v) is 5.20. The van der Waals surface area contributed by atoms with Crippen LogP contribution < -0.4 is 11.1 Å². The van der Waals surface area contributed by atoms with Gasteiger partial charge >= 0.3 is 0 Å². The summed E-state index contributed by atoms with van der Waals surface area (Å²) in [6.45, 7) is 7.81. The molecule has 0 aliphatic heterocycles. The monoisotopic (exact) mass is 272 g/mol. The molecule has 0 bridgehead atoms. The van der Waals surface area contributed by atoms with Crippen molar-refractivity contribution in [2.24, 2.45) is 5.73 Å². The van der Waals surface area contributed by atoms with Crippen molar-refractivity contribution < 1.29 is 4.79 Å². The standard InChI is InChI=1S/C15H20N4O/c1-9-5-10(2)7-13(6-9)19-11(3)8-14(18-19)17-12(4)15(16)20/h5-8,12H,1-4H3,(H2,16,20)(H,17,18)/t12-/m0/s1. The molecule has 0 saturated heterocycles. The lowest BCUT2D eigenvalue weighted by Crippen LogP contribution is -2.32. The lowest BCUT2D eigenvalue weighted by molar-refractivity contribution is -0.118. The number of hydrogen-bond donors (Lipinski definition) is 2. The quantitative estimate of drug-likeness (QED) is 0.895. The molecule has 1 heterocycles. The van der Waals surface area contributed by atoms with Gasteiger partial charge in [-0.25, -0.2) is 4.68 Å². The maximum Gasteiger partial charge on any atom is 0.239 e. The second-order valence-electron chi connectivity index (χ2n) is 5.20. The molecule has 0 unspecified atom stereocenters. The molecule has 2 rings (SSSR count). The Morgan fingerprint density at radius 3 is 2.35 bits per heavy atom. The maximum absolute atomic E-state index is 11.1. The number of amides is 1. The smallest absolute Gasteiger partial charge is 0.239 e. The fourth-order valence-corrected chi connectivity index (χ4v) is 2.17. The SMILES string of the molecule is Cc1cc(C)cc(-n2nc(N[C@@H](C)C(N)=O)cc2C)c1. The molecular formula is C15H20N4O. The molecule has 5 nitrogen and oxygen atoms in total. The summed E-state index contributed by atoms with van der Waals surface area (Å²) in [6.07, 6.45) is 0. The van der Waals surface area contributed by atoms with Gasteiger partial charge in [-0.1, -0.05) is 6.07 Å². The van der Waals surface area contributed by atoms with Crippen molar-refractivity contribution in [1.82, 2.24) is 9.78 Å². The van der Waals surface area contributed by atoms with Gasteiger partial charge in [-0.15, -0.1) is 0 Å². The van der Waals surface area contributed by atoms with Gasteiger partial charge in [0.2, 0.25) is 5.91 Å². The largest absolute Gasteiger partial charge is 0.368 e. The van der Waals surface area contributed by atoms with Crippen LogP contribution >= 0.6 is 0 Å². The van der Waals surface area contributed by atoms with Gasteiger partial charge in [0.15, 0.2) is 0 Å². The van der Waals surface area contributed by atoms with Crippen LogP contribution in [0.2, 0.25) is 0 Å². The number of benzene rings is 1. The molecule has 3 N–H and O–H groups in total. The van der Waals surface area contributed by atoms with Gasteiger partial charge in [-0.05, 0) is 51.0 Å². The van der Waals surface area contributed by atoms with Gasteiger partial charge in [-0.2, -0.15) is 5.10 Å². The third-order valence-electron chi connectivity index (χ3n) is 3.13. The first kappa shape index (κ1) is 14.1. The van der Waals surface area contributed by atoms with E-state index in [0.717, 1.165) is 11.4 Å². The topological polar surface area (TPSA) is 72.9 Å². The summed E-state index contributed by atoms with van der Waals surface area (Å²) >= 11 is 0. The van der Waals surface area contributed by atoms with Gasteiger partial charge in [0.25, 0.3) is 0 Å². The molecule has 0 saturated carbocycles. The van der Waals surface area contributed by atoms with Crippen molar-refractivity contribution in [3.63, 3.8) is 0 Å². The van der Waals surface area contributed by atoms with Crippen LogP contribution in [0, 0.1) is 20.8 Å². The fourth-order valence-electron chi connectivity index (χ4n) is 2.17. The minimum Gasteiger partial charge on any atom is -0.368 e. The van der Waals surface area contributed by atoms with Crippen LogP contribution in [0.5, 0.6) is 0 Å². The molecule has 1 aromatic carbocycles. The minimum atomic E-state index is -0.447. The highest BCUT2D eigenvalue weighted by atomic mass is 16.1. The molecular weight excluding hydrogens is 252 g/mol. The number of rotatable bonds is 4. The van der Waals surface area contributed by atoms with Crippen molar-refractivity contribution in [3.8, 4) is 5.69 Å². The van der Waals surface area contributed by atoms with E-state index in [9.17, 15) is 4.79 Å². The molecule has 0 fully saturated rings. The molecule has 106 valence electrons. The van der Waals surface area contributed by atoms with E-state index in [0.29, 0.717) is 5.82 Å². The Hall–Kier alpha value is -2.30. The number of nitrogens with one attached hydrogen (secondary N) is 1. The Kier molecular flexibility index (Phi) is 3.79. The Morgan fingerprint density at radius 2 is 1.80 bits per heavy atom. The van der Waals surface area contributed by atoms with Crippen molar-refractivity contribution in [2.45, 2.75) is 33.7 Å². The average Bonchev–Trinajstić information content (AvgIpc) is 2.68. The van der Waals surface area contributed by atoms with E-state index in [4.69, 9.17) is 5.73 Å². The summed E-state index contributed by atoms with van der Waals surface area (Å²) in [4.78, 5) is 11.1. The minimum absolute atomic E-state index is 0.399. The highest BCUT2D eigenvalue weighted by Gasteiger charge is 2.12. The van der Waals surface area contributed by atoms with Crippen molar-refractivity contribution >= 4 is 11.7 Å². The zero-order valence-electron chi connectivity index (χ0n) is 12.3. The van der Waals surface area contributed by atoms with Crippen LogP contribution in [0.3, 0.4) is 0 Å². The van der Waals surface area contributed by atoms with Crippen LogP contribution in [0.15, 0.2) is 24.3 Å². The number of primary amides is 1. The van der Waals surface area contributed by atoms with Gasteiger partial charge in [-0.3, -0.25) is 4.79 Å². The number of nitrogens with zero attached hydrogens (tertiary/aromatic N) is 2. The molecule has 0 aliphatic rings. The number of anilines is 1. The van der Waals surface area contributed by atoms with Crippen LogP contribution in [-0.2, 0) is 4.79 Å². The van der Waals surface area contributed by atoms with E-state index in [2.05, 4.69) is 42.5 Å². The lowest BCUT2D eigenvalue weighted by Gasteiger charge is -2.09. The predicted octanol–water partition coefficient (Wildman–Crippen LogP) is 2.08. The van der Waals surface area contributed by atoms with Crippen LogP contribution in [0.4, 0.5) is 5.82 Å². The molecule has 2 aromatic rings. The highest BCUT2D eigenvalue weighted by molar-refractivity contribution is 5.82. The number of aryl methyl sites for hydroxylation is 3. The van der Waals surface area contributed by atoms with E-state index < -0.39 is 11.9 Å². The summed E-state index contributed by atoms with van der Waals surface area (Å²) in [5, 5.41) is 7.48. The lowest BCUT2D eigenvalue weighted by atomic mass is 10.1. The van der Waals surface area contributed by atoms with Crippen LogP contribution in [0.1, 0.15) is 23.7 Å². The summed E-state index contributed by atoms with van der Waals surface area (Å²) < 4.78 is 1.86.